The molecule has 14 heavy (non-hydrogen) atoms. The average Bonchev–Trinajstić information content (AvgIpc) is 2.19. The maximum atomic E-state index is 11.9. The summed E-state index contributed by atoms with van der Waals surface area (Å²) in [6.45, 7) is 7.28. The summed E-state index contributed by atoms with van der Waals surface area (Å²) in [5, 5.41) is 0. The Labute approximate surface area is 88.7 Å². The second-order valence-corrected chi connectivity index (χ2v) is 4.01. The van der Waals surface area contributed by atoms with E-state index in [-0.39, 0.29) is 5.92 Å². The van der Waals surface area contributed by atoms with Crippen molar-refractivity contribution in [1.82, 2.24) is 4.90 Å². The van der Waals surface area contributed by atoms with Gasteiger partial charge in [0, 0.05) is 19.5 Å². The minimum atomic E-state index is 0.256. The Morgan fingerprint density at radius 3 is 2.29 bits per heavy atom. The molecule has 1 amide bonds. The van der Waals surface area contributed by atoms with Crippen LogP contribution in [0.15, 0.2) is 0 Å². The number of carbonyl (C=O) groups excluding carboxylic acids is 1. The molecule has 0 bridgehead atoms. The molecule has 0 spiro atoms. The largest absolute Gasteiger partial charge is 0.346 e. The van der Waals surface area contributed by atoms with E-state index in [9.17, 15) is 4.79 Å². The van der Waals surface area contributed by atoms with Gasteiger partial charge in [-0.1, -0.05) is 33.6 Å². The molecule has 0 aromatic heterocycles. The Bertz CT molecular complexity index is 156. The molecule has 0 saturated carbocycles. The summed E-state index contributed by atoms with van der Waals surface area (Å²) in [5.74, 6) is 0.592. The molecule has 0 fully saturated rings. The van der Waals surface area contributed by atoms with Crippen LogP contribution in [0.4, 0.5) is 0 Å². The monoisotopic (exact) mass is 199 g/mol. The van der Waals surface area contributed by atoms with Crippen LogP contribution in [0, 0.1) is 5.92 Å². The lowest BCUT2D eigenvalue weighted by molar-refractivity contribution is -0.134. The van der Waals surface area contributed by atoms with Crippen LogP contribution < -0.4 is 0 Å². The molecule has 0 aliphatic carbocycles. The van der Waals surface area contributed by atoms with Crippen LogP contribution in [0.2, 0.25) is 0 Å². The standard InChI is InChI=1S/C12H25NO/c1-5-8-9-11(7-3)12(14)13(4)10-6-2/h11H,5-10H2,1-4H3. The first kappa shape index (κ1) is 13.5. The molecular formula is C12H25NO. The Balaban J connectivity index is 4.01. The van der Waals surface area contributed by atoms with E-state index in [2.05, 4.69) is 20.8 Å². The van der Waals surface area contributed by atoms with E-state index in [4.69, 9.17) is 0 Å². The van der Waals surface area contributed by atoms with Crippen LogP contribution in [-0.2, 0) is 4.79 Å². The first-order valence-corrected chi connectivity index (χ1v) is 5.92. The summed E-state index contributed by atoms with van der Waals surface area (Å²) in [7, 11) is 1.92. The fourth-order valence-electron chi connectivity index (χ4n) is 1.71. The van der Waals surface area contributed by atoms with E-state index < -0.39 is 0 Å². The maximum absolute atomic E-state index is 11.9. The van der Waals surface area contributed by atoms with Gasteiger partial charge in [-0.3, -0.25) is 4.79 Å². The molecule has 2 nitrogen and oxygen atoms in total. The number of hydrogen-bond donors (Lipinski definition) is 0. The van der Waals surface area contributed by atoms with Gasteiger partial charge in [0.05, 0.1) is 0 Å². The van der Waals surface area contributed by atoms with Crippen molar-refractivity contribution in [2.45, 2.75) is 52.9 Å². The van der Waals surface area contributed by atoms with Gasteiger partial charge < -0.3 is 4.90 Å². The van der Waals surface area contributed by atoms with Crippen LogP contribution >= 0.6 is 0 Å². The lowest BCUT2D eigenvalue weighted by Crippen LogP contribution is -2.33. The van der Waals surface area contributed by atoms with Crippen LogP contribution in [0.5, 0.6) is 0 Å². The number of rotatable bonds is 7. The molecule has 84 valence electrons. The highest BCUT2D eigenvalue weighted by molar-refractivity contribution is 5.78. The zero-order chi connectivity index (χ0) is 11.0. The van der Waals surface area contributed by atoms with Crippen molar-refractivity contribution < 1.29 is 4.79 Å². The molecule has 0 saturated heterocycles. The van der Waals surface area contributed by atoms with Gasteiger partial charge in [0.25, 0.3) is 0 Å². The SMILES string of the molecule is CCCCC(CC)C(=O)N(C)CCC. The van der Waals surface area contributed by atoms with Crippen LogP contribution in [0.25, 0.3) is 0 Å². The van der Waals surface area contributed by atoms with Gasteiger partial charge in [-0.25, -0.2) is 0 Å². The Hall–Kier alpha value is -0.530. The van der Waals surface area contributed by atoms with Crippen molar-refractivity contribution >= 4 is 5.91 Å². The van der Waals surface area contributed by atoms with E-state index in [0.29, 0.717) is 5.91 Å². The summed E-state index contributed by atoms with van der Waals surface area (Å²) in [5.41, 5.74) is 0. The number of amides is 1. The number of unbranched alkanes of at least 4 members (excludes halogenated alkanes) is 1. The van der Waals surface area contributed by atoms with Crippen LogP contribution in [-0.4, -0.2) is 24.4 Å². The first-order chi connectivity index (χ1) is 6.67. The van der Waals surface area contributed by atoms with Crippen LogP contribution in [0.1, 0.15) is 52.9 Å². The Morgan fingerprint density at radius 2 is 1.86 bits per heavy atom. The Morgan fingerprint density at radius 1 is 1.21 bits per heavy atom. The quantitative estimate of drug-likeness (QED) is 0.617. The highest BCUT2D eigenvalue weighted by Crippen LogP contribution is 2.15. The minimum absolute atomic E-state index is 0.256. The molecular weight excluding hydrogens is 174 g/mol. The number of carbonyl (C=O) groups is 1. The normalized spacial score (nSPS) is 12.6. The van der Waals surface area contributed by atoms with Gasteiger partial charge in [0.15, 0.2) is 0 Å². The number of nitrogens with zero attached hydrogens (tertiary/aromatic N) is 1. The summed E-state index contributed by atoms with van der Waals surface area (Å²) in [6, 6.07) is 0. The fourth-order valence-corrected chi connectivity index (χ4v) is 1.71. The molecule has 1 atom stereocenters. The molecule has 0 aliphatic rings. The molecule has 0 aliphatic heterocycles. The van der Waals surface area contributed by atoms with E-state index in [1.165, 1.54) is 12.8 Å². The molecule has 0 radical (unpaired) electrons. The van der Waals surface area contributed by atoms with Gasteiger partial charge in [0.1, 0.15) is 0 Å². The summed E-state index contributed by atoms with van der Waals surface area (Å²) in [4.78, 5) is 13.8. The van der Waals surface area contributed by atoms with E-state index >= 15 is 0 Å². The molecule has 0 aromatic rings. The van der Waals surface area contributed by atoms with E-state index in [1.54, 1.807) is 0 Å². The summed E-state index contributed by atoms with van der Waals surface area (Å²) < 4.78 is 0. The van der Waals surface area contributed by atoms with Crippen molar-refractivity contribution in [2.75, 3.05) is 13.6 Å². The van der Waals surface area contributed by atoms with Crippen molar-refractivity contribution in [3.05, 3.63) is 0 Å². The lowest BCUT2D eigenvalue weighted by atomic mass is 9.98. The molecule has 0 N–H and O–H groups in total. The van der Waals surface area contributed by atoms with Crippen LogP contribution in [0.3, 0.4) is 0 Å². The molecule has 2 heteroatoms. The third kappa shape index (κ3) is 4.64. The third-order valence-corrected chi connectivity index (χ3v) is 2.68. The number of hydrogen-bond acceptors (Lipinski definition) is 1. The fraction of sp³-hybridized carbons (Fsp3) is 0.917. The second kappa shape index (κ2) is 7.84. The predicted octanol–water partition coefficient (Wildman–Crippen LogP) is 3.07. The van der Waals surface area contributed by atoms with Gasteiger partial charge in [-0.2, -0.15) is 0 Å². The summed E-state index contributed by atoms with van der Waals surface area (Å²) in [6.07, 6.45) is 5.44. The minimum Gasteiger partial charge on any atom is -0.346 e. The first-order valence-electron chi connectivity index (χ1n) is 5.92. The third-order valence-electron chi connectivity index (χ3n) is 2.68. The topological polar surface area (TPSA) is 20.3 Å². The van der Waals surface area contributed by atoms with Crippen molar-refractivity contribution in [1.29, 1.82) is 0 Å². The van der Waals surface area contributed by atoms with Gasteiger partial charge in [0.2, 0.25) is 5.91 Å². The van der Waals surface area contributed by atoms with Crippen molar-refractivity contribution in [3.63, 3.8) is 0 Å². The average molecular weight is 199 g/mol. The van der Waals surface area contributed by atoms with Crippen molar-refractivity contribution in [3.8, 4) is 0 Å². The maximum Gasteiger partial charge on any atom is 0.225 e. The zero-order valence-electron chi connectivity index (χ0n) is 10.2. The highest BCUT2D eigenvalue weighted by atomic mass is 16.2. The highest BCUT2D eigenvalue weighted by Gasteiger charge is 2.18. The van der Waals surface area contributed by atoms with Crippen molar-refractivity contribution in [2.24, 2.45) is 5.92 Å². The van der Waals surface area contributed by atoms with Gasteiger partial charge >= 0.3 is 0 Å². The predicted molar refractivity (Wildman–Crippen MR) is 61.2 cm³/mol. The zero-order valence-corrected chi connectivity index (χ0v) is 10.2. The molecule has 0 aromatic carbocycles. The van der Waals surface area contributed by atoms with Gasteiger partial charge in [-0.15, -0.1) is 0 Å². The van der Waals surface area contributed by atoms with Gasteiger partial charge in [-0.05, 0) is 19.3 Å². The van der Waals surface area contributed by atoms with E-state index in [0.717, 1.165) is 25.8 Å². The Kier molecular flexibility index (Phi) is 7.54. The molecule has 1 unspecified atom stereocenters. The lowest BCUT2D eigenvalue weighted by Gasteiger charge is -2.22. The molecule has 0 rings (SSSR count). The smallest absolute Gasteiger partial charge is 0.225 e. The second-order valence-electron chi connectivity index (χ2n) is 4.01. The summed E-state index contributed by atoms with van der Waals surface area (Å²) >= 11 is 0. The molecule has 0 heterocycles. The van der Waals surface area contributed by atoms with E-state index in [1.807, 2.05) is 11.9 Å².